The van der Waals surface area contributed by atoms with E-state index in [4.69, 9.17) is 51.1 Å². The molecule has 0 saturated carbocycles. The van der Waals surface area contributed by atoms with Crippen LogP contribution in [0.15, 0.2) is 0 Å². The maximum absolute atomic E-state index is 12.0. The average molecular weight is 357 g/mol. The number of ether oxygens (including phenoxy) is 1. The van der Waals surface area contributed by atoms with Gasteiger partial charge in [-0.05, 0) is 12.8 Å². The predicted molar refractivity (Wildman–Crippen MR) is 76.6 cm³/mol. The molecule has 2 aliphatic heterocycles. The molecule has 1 fully saturated rings. The Bertz CT molecular complexity index is 615. The van der Waals surface area contributed by atoms with E-state index in [2.05, 4.69) is 0 Å². The molecule has 4 nitrogen and oxygen atoms in total. The number of nitrogens with zero attached hydrogens (tertiary/aromatic N) is 1. The summed E-state index contributed by atoms with van der Waals surface area (Å²) in [7, 11) is 0. The molecule has 1 atom stereocenters. The van der Waals surface area contributed by atoms with E-state index >= 15 is 0 Å². The molecule has 0 unspecified atom stereocenters. The number of esters is 1. The first-order valence-electron chi connectivity index (χ1n) is 5.95. The van der Waals surface area contributed by atoms with Gasteiger partial charge in [-0.2, -0.15) is 0 Å². The molecule has 3 rings (SSSR count). The molecule has 2 aliphatic rings. The number of cyclic esters (lactones) is 1. The van der Waals surface area contributed by atoms with E-state index < -0.39 is 11.9 Å². The average Bonchev–Trinajstić information content (AvgIpc) is 3.01. The Morgan fingerprint density at radius 3 is 2.15 bits per heavy atom. The van der Waals surface area contributed by atoms with E-state index in [9.17, 15) is 9.90 Å². The van der Waals surface area contributed by atoms with Crippen molar-refractivity contribution in [3.8, 4) is 0 Å². The highest BCUT2D eigenvalue weighted by molar-refractivity contribution is 6.53. The lowest BCUT2D eigenvalue weighted by Crippen LogP contribution is -2.45. The highest BCUT2D eigenvalue weighted by Crippen LogP contribution is 2.50. The molecule has 0 amide bonds. The van der Waals surface area contributed by atoms with Crippen molar-refractivity contribution in [2.24, 2.45) is 0 Å². The Labute approximate surface area is 135 Å². The Kier molecular flexibility index (Phi) is 3.60. The number of fused-ring (bicyclic) bond motifs is 1. The van der Waals surface area contributed by atoms with Crippen molar-refractivity contribution in [3.05, 3.63) is 31.2 Å². The smallest absolute Gasteiger partial charge is 0.344 e. The van der Waals surface area contributed by atoms with Gasteiger partial charge in [0.05, 0.1) is 31.2 Å². The van der Waals surface area contributed by atoms with Crippen LogP contribution in [0, 0.1) is 0 Å². The van der Waals surface area contributed by atoms with E-state index in [0.29, 0.717) is 13.1 Å². The summed E-state index contributed by atoms with van der Waals surface area (Å²) < 4.78 is 5.13. The van der Waals surface area contributed by atoms with Gasteiger partial charge in [0.1, 0.15) is 0 Å². The van der Waals surface area contributed by atoms with Crippen LogP contribution in [0.4, 0.5) is 0 Å². The van der Waals surface area contributed by atoms with Crippen LogP contribution in [0.25, 0.3) is 0 Å². The molecule has 0 aliphatic carbocycles. The summed E-state index contributed by atoms with van der Waals surface area (Å²) in [6.45, 7) is 1.16. The van der Waals surface area contributed by atoms with Crippen LogP contribution in [-0.2, 0) is 10.6 Å². The van der Waals surface area contributed by atoms with Gasteiger partial charge in [-0.15, -0.1) is 0 Å². The maximum atomic E-state index is 12.0. The number of hydrogen-bond donors (Lipinski definition) is 1. The van der Waals surface area contributed by atoms with E-state index in [1.807, 2.05) is 0 Å². The predicted octanol–water partition coefficient (Wildman–Crippen LogP) is 3.67. The van der Waals surface area contributed by atoms with Crippen LogP contribution < -0.4 is 0 Å². The third-order valence-electron chi connectivity index (χ3n) is 3.57. The van der Waals surface area contributed by atoms with Crippen molar-refractivity contribution in [3.63, 3.8) is 0 Å². The van der Waals surface area contributed by atoms with Crippen molar-refractivity contribution < 1.29 is 14.6 Å². The SMILES string of the molecule is O=C1O[C@](O)(N2CCCC2)c2c(Cl)c(Cl)c(Cl)c(Cl)c21. The Morgan fingerprint density at radius 1 is 1.00 bits per heavy atom. The van der Waals surface area contributed by atoms with Gasteiger partial charge in [0.25, 0.3) is 0 Å². The molecule has 1 saturated heterocycles. The molecule has 20 heavy (non-hydrogen) atoms. The molecule has 8 heteroatoms. The minimum atomic E-state index is -1.93. The van der Waals surface area contributed by atoms with E-state index in [1.54, 1.807) is 4.90 Å². The molecule has 108 valence electrons. The summed E-state index contributed by atoms with van der Waals surface area (Å²) in [5.41, 5.74) is 0.0472. The molecular weight excluding hydrogens is 348 g/mol. The van der Waals surface area contributed by atoms with Crippen LogP contribution in [0.2, 0.25) is 20.1 Å². The second kappa shape index (κ2) is 4.90. The number of halogens is 4. The highest BCUT2D eigenvalue weighted by Gasteiger charge is 2.53. The minimum absolute atomic E-state index is 0.00648. The lowest BCUT2D eigenvalue weighted by molar-refractivity contribution is -0.258. The Morgan fingerprint density at radius 2 is 1.55 bits per heavy atom. The van der Waals surface area contributed by atoms with E-state index in [1.165, 1.54) is 0 Å². The Balaban J connectivity index is 2.27. The molecule has 0 aromatic heterocycles. The summed E-state index contributed by atoms with van der Waals surface area (Å²) in [5.74, 6) is -2.70. The lowest BCUT2D eigenvalue weighted by Gasteiger charge is -2.32. The van der Waals surface area contributed by atoms with Crippen LogP contribution in [0.3, 0.4) is 0 Å². The lowest BCUT2D eigenvalue weighted by atomic mass is 10.1. The monoisotopic (exact) mass is 355 g/mol. The molecule has 1 aromatic carbocycles. The van der Waals surface area contributed by atoms with Gasteiger partial charge in [0.2, 0.25) is 0 Å². The molecular formula is C12H9Cl4NO3. The first-order chi connectivity index (χ1) is 9.38. The standard InChI is InChI=1S/C12H9Cl4NO3/c13-7-5-6(8(14)10(16)9(7)15)12(19,20-11(5)18)17-3-1-2-4-17/h19H,1-4H2/t12-/m0/s1. The second-order valence-corrected chi connectivity index (χ2v) is 6.21. The molecule has 1 N–H and O–H groups in total. The minimum Gasteiger partial charge on any atom is -0.411 e. The van der Waals surface area contributed by atoms with Crippen LogP contribution in [-0.4, -0.2) is 29.1 Å². The number of hydrogen-bond acceptors (Lipinski definition) is 4. The van der Waals surface area contributed by atoms with Gasteiger partial charge in [-0.25, -0.2) is 9.69 Å². The first kappa shape index (κ1) is 14.7. The number of aliphatic hydroxyl groups is 1. The zero-order valence-electron chi connectivity index (χ0n) is 10.1. The number of benzene rings is 1. The van der Waals surface area contributed by atoms with Crippen LogP contribution in [0.5, 0.6) is 0 Å². The normalized spacial score (nSPS) is 25.9. The van der Waals surface area contributed by atoms with Gasteiger partial charge < -0.3 is 9.84 Å². The fraction of sp³-hybridized carbons (Fsp3) is 0.417. The number of likely N-dealkylation sites (tertiary alicyclic amines) is 1. The quantitative estimate of drug-likeness (QED) is 0.474. The van der Waals surface area contributed by atoms with Crippen LogP contribution in [0.1, 0.15) is 28.8 Å². The van der Waals surface area contributed by atoms with Crippen molar-refractivity contribution in [1.82, 2.24) is 4.90 Å². The number of carbonyl (C=O) groups is 1. The fourth-order valence-electron chi connectivity index (χ4n) is 2.60. The zero-order chi connectivity index (χ0) is 14.7. The Hall–Kier alpha value is -0.230. The molecule has 1 aromatic rings. The summed E-state index contributed by atoms with van der Waals surface area (Å²) >= 11 is 24.1. The van der Waals surface area contributed by atoms with E-state index in [0.717, 1.165) is 12.8 Å². The highest BCUT2D eigenvalue weighted by atomic mass is 35.5. The third-order valence-corrected chi connectivity index (χ3v) is 5.37. The topological polar surface area (TPSA) is 49.8 Å². The summed E-state index contributed by atoms with van der Waals surface area (Å²) in [5, 5.41) is 10.7. The van der Waals surface area contributed by atoms with Crippen molar-refractivity contribution in [2.75, 3.05) is 13.1 Å². The van der Waals surface area contributed by atoms with Crippen molar-refractivity contribution in [1.29, 1.82) is 0 Å². The molecule has 0 bridgehead atoms. The number of rotatable bonds is 1. The molecule has 0 radical (unpaired) electrons. The fourth-order valence-corrected chi connectivity index (χ4v) is 3.66. The van der Waals surface area contributed by atoms with Crippen LogP contribution >= 0.6 is 46.4 Å². The van der Waals surface area contributed by atoms with Crippen molar-refractivity contribution in [2.45, 2.75) is 18.8 Å². The zero-order valence-corrected chi connectivity index (χ0v) is 13.1. The van der Waals surface area contributed by atoms with Gasteiger partial charge in [0.15, 0.2) is 0 Å². The third kappa shape index (κ3) is 1.86. The second-order valence-electron chi connectivity index (χ2n) is 4.70. The first-order valence-corrected chi connectivity index (χ1v) is 7.46. The van der Waals surface area contributed by atoms with E-state index in [-0.39, 0.29) is 31.2 Å². The van der Waals surface area contributed by atoms with Gasteiger partial charge in [-0.3, -0.25) is 0 Å². The number of carbonyl (C=O) groups excluding carboxylic acids is 1. The van der Waals surface area contributed by atoms with Crippen molar-refractivity contribution >= 4 is 52.4 Å². The van der Waals surface area contributed by atoms with Gasteiger partial charge in [0, 0.05) is 13.1 Å². The maximum Gasteiger partial charge on any atom is 0.344 e. The largest absolute Gasteiger partial charge is 0.411 e. The molecule has 2 heterocycles. The van der Waals surface area contributed by atoms with Gasteiger partial charge >= 0.3 is 11.9 Å². The van der Waals surface area contributed by atoms with Gasteiger partial charge in [-0.1, -0.05) is 46.4 Å². The summed E-state index contributed by atoms with van der Waals surface area (Å²) in [6, 6.07) is 0. The summed E-state index contributed by atoms with van der Waals surface area (Å²) in [6.07, 6.45) is 1.78. The molecule has 0 spiro atoms. The summed E-state index contributed by atoms with van der Waals surface area (Å²) in [4.78, 5) is 13.6.